The number of para-hydroxylation sites is 2. The van der Waals surface area contributed by atoms with E-state index in [-0.39, 0.29) is 18.4 Å². The Morgan fingerprint density at radius 1 is 0.926 bits per heavy atom. The van der Waals surface area contributed by atoms with E-state index in [2.05, 4.69) is 10.6 Å². The number of nitrogens with one attached hydrogen (secondary N) is 2. The van der Waals surface area contributed by atoms with Crippen molar-refractivity contribution in [1.82, 2.24) is 5.32 Å². The molecule has 4 rings (SSSR count). The zero-order valence-electron chi connectivity index (χ0n) is 15.2. The van der Waals surface area contributed by atoms with Crippen LogP contribution in [-0.4, -0.2) is 24.5 Å². The average Bonchev–Trinajstić information content (AvgIpc) is 3.58. The van der Waals surface area contributed by atoms with E-state index in [0.717, 1.165) is 0 Å². The van der Waals surface area contributed by atoms with E-state index in [0.29, 0.717) is 34.9 Å². The minimum absolute atomic E-state index is 0.0778. The molecule has 2 N–H and O–H groups in total. The van der Waals surface area contributed by atoms with Crippen molar-refractivity contribution in [3.05, 3.63) is 60.2 Å². The number of hydrogen-bond donors (Lipinski definition) is 2. The van der Waals surface area contributed by atoms with Gasteiger partial charge in [0, 0.05) is 11.7 Å². The van der Waals surface area contributed by atoms with Crippen LogP contribution in [0.4, 0.5) is 5.69 Å². The summed E-state index contributed by atoms with van der Waals surface area (Å²) in [6.07, 6.45) is 4.85. The van der Waals surface area contributed by atoms with Gasteiger partial charge in [-0.3, -0.25) is 9.59 Å². The molecule has 2 aliphatic carbocycles. The van der Waals surface area contributed by atoms with Gasteiger partial charge in [-0.15, -0.1) is 0 Å². The van der Waals surface area contributed by atoms with Crippen molar-refractivity contribution in [2.75, 3.05) is 11.9 Å². The second-order valence-electron chi connectivity index (χ2n) is 7.37. The molecule has 2 amide bonds. The highest BCUT2D eigenvalue weighted by Gasteiger charge is 2.42. The molecule has 0 aliphatic heterocycles. The molecule has 2 fully saturated rings. The van der Waals surface area contributed by atoms with Gasteiger partial charge in [0.15, 0.2) is 6.61 Å². The maximum atomic E-state index is 12.6. The molecule has 0 heterocycles. The molecule has 0 radical (unpaired) electrons. The maximum absolute atomic E-state index is 12.6. The lowest BCUT2D eigenvalue weighted by Gasteiger charge is -2.18. The van der Waals surface area contributed by atoms with E-state index >= 15 is 0 Å². The van der Waals surface area contributed by atoms with Crippen LogP contribution in [0.25, 0.3) is 0 Å². The number of amides is 2. The van der Waals surface area contributed by atoms with Gasteiger partial charge < -0.3 is 15.4 Å². The summed E-state index contributed by atoms with van der Waals surface area (Å²) in [6, 6.07) is 16.5. The van der Waals surface area contributed by atoms with Crippen LogP contribution in [0.15, 0.2) is 54.6 Å². The SMILES string of the molecule is O=C(COc1ccccc1C(=O)Nc1ccccc1)NC(C1CC1)C1CC1. The van der Waals surface area contributed by atoms with Crippen molar-refractivity contribution < 1.29 is 14.3 Å². The Bertz CT molecular complexity index is 801. The lowest BCUT2D eigenvalue weighted by Crippen LogP contribution is -2.40. The van der Waals surface area contributed by atoms with E-state index in [9.17, 15) is 9.59 Å². The fourth-order valence-electron chi connectivity index (χ4n) is 3.40. The summed E-state index contributed by atoms with van der Waals surface area (Å²) in [4.78, 5) is 24.9. The number of rotatable bonds is 8. The molecular formula is C22H24N2O3. The molecule has 27 heavy (non-hydrogen) atoms. The largest absolute Gasteiger partial charge is 0.483 e. The summed E-state index contributed by atoms with van der Waals surface area (Å²) >= 11 is 0. The van der Waals surface area contributed by atoms with Crippen LogP contribution in [0.2, 0.25) is 0 Å². The molecule has 0 bridgehead atoms. The van der Waals surface area contributed by atoms with Gasteiger partial charge in [-0.25, -0.2) is 0 Å². The molecule has 2 saturated carbocycles. The van der Waals surface area contributed by atoms with E-state index in [1.807, 2.05) is 30.3 Å². The zero-order valence-corrected chi connectivity index (χ0v) is 15.2. The van der Waals surface area contributed by atoms with Crippen molar-refractivity contribution in [3.63, 3.8) is 0 Å². The summed E-state index contributed by atoms with van der Waals surface area (Å²) < 4.78 is 5.69. The average molecular weight is 364 g/mol. The molecule has 0 unspecified atom stereocenters. The third-order valence-electron chi connectivity index (χ3n) is 5.11. The van der Waals surface area contributed by atoms with Gasteiger partial charge in [-0.2, -0.15) is 0 Å². The Morgan fingerprint density at radius 3 is 2.22 bits per heavy atom. The zero-order chi connectivity index (χ0) is 18.6. The lowest BCUT2D eigenvalue weighted by atomic mass is 10.1. The van der Waals surface area contributed by atoms with Gasteiger partial charge in [-0.05, 0) is 61.8 Å². The number of hydrogen-bond acceptors (Lipinski definition) is 3. The fraction of sp³-hybridized carbons (Fsp3) is 0.364. The highest BCUT2D eigenvalue weighted by Crippen LogP contribution is 2.44. The van der Waals surface area contributed by atoms with Gasteiger partial charge in [0.2, 0.25) is 0 Å². The molecule has 2 aromatic carbocycles. The standard InChI is InChI=1S/C22H24N2O3/c25-20(24-21(15-10-11-15)16-12-13-16)14-27-19-9-5-4-8-18(19)22(26)23-17-6-2-1-3-7-17/h1-9,15-16,21H,10-14H2,(H,23,26)(H,24,25). The van der Waals surface area contributed by atoms with Gasteiger partial charge in [0.25, 0.3) is 11.8 Å². The van der Waals surface area contributed by atoms with Crippen molar-refractivity contribution in [2.24, 2.45) is 11.8 Å². The quantitative estimate of drug-likeness (QED) is 0.752. The Labute approximate surface area is 159 Å². The van der Waals surface area contributed by atoms with Crippen LogP contribution < -0.4 is 15.4 Å². The summed E-state index contributed by atoms with van der Waals surface area (Å²) in [5.41, 5.74) is 1.13. The minimum atomic E-state index is -0.258. The molecule has 0 saturated heterocycles. The predicted molar refractivity (Wildman–Crippen MR) is 104 cm³/mol. The summed E-state index contributed by atoms with van der Waals surface area (Å²) in [5, 5.41) is 5.98. The van der Waals surface area contributed by atoms with Crippen molar-refractivity contribution in [3.8, 4) is 5.75 Å². The highest BCUT2D eigenvalue weighted by atomic mass is 16.5. The van der Waals surface area contributed by atoms with E-state index < -0.39 is 0 Å². The van der Waals surface area contributed by atoms with Crippen molar-refractivity contribution >= 4 is 17.5 Å². The van der Waals surface area contributed by atoms with Gasteiger partial charge in [0.1, 0.15) is 5.75 Å². The lowest BCUT2D eigenvalue weighted by molar-refractivity contribution is -0.124. The molecule has 5 nitrogen and oxygen atoms in total. The van der Waals surface area contributed by atoms with E-state index in [4.69, 9.17) is 4.74 Å². The maximum Gasteiger partial charge on any atom is 0.259 e. The first kappa shape index (κ1) is 17.6. The third-order valence-corrected chi connectivity index (χ3v) is 5.11. The molecule has 2 aliphatic rings. The van der Waals surface area contributed by atoms with Gasteiger partial charge in [-0.1, -0.05) is 30.3 Å². The van der Waals surface area contributed by atoms with E-state index in [1.165, 1.54) is 25.7 Å². The number of carbonyl (C=O) groups is 2. The second kappa shape index (κ2) is 7.82. The Balaban J connectivity index is 1.36. The first-order valence-corrected chi connectivity index (χ1v) is 9.58. The molecule has 0 spiro atoms. The molecule has 5 heteroatoms. The van der Waals surface area contributed by atoms with Crippen LogP contribution in [0.1, 0.15) is 36.0 Å². The monoisotopic (exact) mass is 364 g/mol. The van der Waals surface area contributed by atoms with Crippen LogP contribution in [-0.2, 0) is 4.79 Å². The first-order valence-electron chi connectivity index (χ1n) is 9.58. The summed E-state index contributed by atoms with van der Waals surface area (Å²) in [7, 11) is 0. The smallest absolute Gasteiger partial charge is 0.259 e. The number of anilines is 1. The number of carbonyl (C=O) groups excluding carboxylic acids is 2. The summed E-state index contributed by atoms with van der Waals surface area (Å²) in [6.45, 7) is -0.0778. The Morgan fingerprint density at radius 2 is 1.56 bits per heavy atom. The number of benzene rings is 2. The second-order valence-corrected chi connectivity index (χ2v) is 7.37. The molecule has 2 aromatic rings. The first-order chi connectivity index (χ1) is 13.2. The normalized spacial score (nSPS) is 16.0. The molecule has 0 atom stereocenters. The topological polar surface area (TPSA) is 67.4 Å². The Hall–Kier alpha value is -2.82. The Kier molecular flexibility index (Phi) is 5.10. The fourth-order valence-corrected chi connectivity index (χ4v) is 3.40. The molecule has 140 valence electrons. The van der Waals surface area contributed by atoms with E-state index in [1.54, 1.807) is 24.3 Å². The van der Waals surface area contributed by atoms with Crippen LogP contribution in [0.3, 0.4) is 0 Å². The third kappa shape index (κ3) is 4.67. The predicted octanol–water partition coefficient (Wildman–Crippen LogP) is 3.62. The number of ether oxygens (including phenoxy) is 1. The molecular weight excluding hydrogens is 340 g/mol. The van der Waals surface area contributed by atoms with Gasteiger partial charge >= 0.3 is 0 Å². The van der Waals surface area contributed by atoms with Crippen LogP contribution in [0, 0.1) is 11.8 Å². The van der Waals surface area contributed by atoms with Crippen LogP contribution in [0.5, 0.6) is 5.75 Å². The van der Waals surface area contributed by atoms with Gasteiger partial charge in [0.05, 0.1) is 5.56 Å². The van der Waals surface area contributed by atoms with Crippen molar-refractivity contribution in [1.29, 1.82) is 0 Å². The van der Waals surface area contributed by atoms with Crippen LogP contribution >= 0.6 is 0 Å². The summed E-state index contributed by atoms with van der Waals surface area (Å²) in [5.74, 6) is 1.33. The molecule has 0 aromatic heterocycles. The van der Waals surface area contributed by atoms with Crippen molar-refractivity contribution in [2.45, 2.75) is 31.7 Å². The highest BCUT2D eigenvalue weighted by molar-refractivity contribution is 6.06. The minimum Gasteiger partial charge on any atom is -0.483 e.